The fraction of sp³-hybridized carbons (Fsp3) is 0. The van der Waals surface area contributed by atoms with Crippen molar-refractivity contribution in [3.8, 4) is 0 Å². The second kappa shape index (κ2) is 6.01. The minimum atomic E-state index is -0.176. The Kier molecular flexibility index (Phi) is 3.56. The largest absolute Gasteiger partial charge is 0.321 e. The zero-order valence-electron chi connectivity index (χ0n) is 12.9. The van der Waals surface area contributed by atoms with Gasteiger partial charge in [0, 0.05) is 11.5 Å². The number of carbonyl (C=O) groups is 1. The van der Waals surface area contributed by atoms with Gasteiger partial charge in [-0.05, 0) is 28.5 Å². The topological polar surface area (TPSA) is 57.8 Å². The number of hydrogen-bond donors (Lipinski definition) is 2. The van der Waals surface area contributed by atoms with Gasteiger partial charge >= 0.3 is 0 Å². The van der Waals surface area contributed by atoms with Crippen molar-refractivity contribution in [3.63, 3.8) is 0 Å². The molecule has 116 valence electrons. The van der Waals surface area contributed by atoms with Crippen LogP contribution in [-0.2, 0) is 4.79 Å². The molecule has 4 aromatic rings. The molecule has 0 radical (unpaired) electrons. The van der Waals surface area contributed by atoms with E-state index in [1.54, 1.807) is 12.3 Å². The number of anilines is 1. The lowest BCUT2D eigenvalue weighted by Crippen LogP contribution is -2.08. The first-order chi connectivity index (χ1) is 11.8. The third-order valence-corrected chi connectivity index (χ3v) is 3.97. The number of benzene rings is 3. The predicted octanol–water partition coefficient (Wildman–Crippen LogP) is 4.37. The van der Waals surface area contributed by atoms with Gasteiger partial charge in [-0.3, -0.25) is 9.89 Å². The van der Waals surface area contributed by atoms with Crippen LogP contribution in [0.1, 0.15) is 5.56 Å². The Labute approximate surface area is 138 Å². The summed E-state index contributed by atoms with van der Waals surface area (Å²) in [5.41, 5.74) is 2.56. The number of fused-ring (bicyclic) bond motifs is 2. The molecule has 3 aromatic carbocycles. The number of nitrogens with one attached hydrogen (secondary N) is 2. The maximum absolute atomic E-state index is 12.3. The number of aromatic amines is 1. The predicted molar refractivity (Wildman–Crippen MR) is 97.7 cm³/mol. The number of nitrogens with zero attached hydrogens (tertiary/aromatic N) is 1. The number of H-pyrrole nitrogens is 1. The highest BCUT2D eigenvalue weighted by molar-refractivity contribution is 6.07. The number of amides is 1. The maximum atomic E-state index is 12.3. The second-order valence-electron chi connectivity index (χ2n) is 5.53. The van der Waals surface area contributed by atoms with Crippen molar-refractivity contribution < 1.29 is 4.79 Å². The second-order valence-corrected chi connectivity index (χ2v) is 5.53. The summed E-state index contributed by atoms with van der Waals surface area (Å²) >= 11 is 0. The summed E-state index contributed by atoms with van der Waals surface area (Å²) in [7, 11) is 0. The summed E-state index contributed by atoms with van der Waals surface area (Å²) < 4.78 is 0. The maximum Gasteiger partial charge on any atom is 0.248 e. The average molecular weight is 313 g/mol. The van der Waals surface area contributed by atoms with Crippen LogP contribution in [0.2, 0.25) is 0 Å². The molecule has 0 aliphatic carbocycles. The minimum absolute atomic E-state index is 0.176. The van der Waals surface area contributed by atoms with Gasteiger partial charge in [0.15, 0.2) is 0 Å². The zero-order valence-corrected chi connectivity index (χ0v) is 12.9. The van der Waals surface area contributed by atoms with Gasteiger partial charge in [0.2, 0.25) is 5.91 Å². The number of hydrogen-bond acceptors (Lipinski definition) is 2. The molecule has 24 heavy (non-hydrogen) atoms. The molecule has 1 amide bonds. The van der Waals surface area contributed by atoms with Gasteiger partial charge < -0.3 is 5.32 Å². The average Bonchev–Trinajstić information content (AvgIpc) is 3.10. The van der Waals surface area contributed by atoms with Crippen LogP contribution in [-0.4, -0.2) is 16.1 Å². The highest BCUT2D eigenvalue weighted by atomic mass is 16.1. The molecular weight excluding hydrogens is 298 g/mol. The highest BCUT2D eigenvalue weighted by Gasteiger charge is 2.05. The Hall–Kier alpha value is -3.40. The lowest BCUT2D eigenvalue weighted by Gasteiger charge is -2.04. The first kappa shape index (κ1) is 14.2. The van der Waals surface area contributed by atoms with E-state index in [0.717, 1.165) is 32.9 Å². The normalized spacial score (nSPS) is 11.3. The van der Waals surface area contributed by atoms with Crippen molar-refractivity contribution in [1.82, 2.24) is 10.2 Å². The van der Waals surface area contributed by atoms with Crippen LogP contribution >= 0.6 is 0 Å². The third-order valence-electron chi connectivity index (χ3n) is 3.97. The molecule has 1 aromatic heterocycles. The Balaban J connectivity index is 1.59. The van der Waals surface area contributed by atoms with Crippen molar-refractivity contribution in [1.29, 1.82) is 0 Å². The van der Waals surface area contributed by atoms with Gasteiger partial charge in [-0.25, -0.2) is 0 Å². The number of carbonyl (C=O) groups excluding carboxylic acids is 1. The Morgan fingerprint density at radius 1 is 0.958 bits per heavy atom. The van der Waals surface area contributed by atoms with Crippen molar-refractivity contribution >= 4 is 39.3 Å². The summed E-state index contributed by atoms with van der Waals surface area (Å²) in [5, 5.41) is 13.0. The fourth-order valence-corrected chi connectivity index (χ4v) is 2.81. The van der Waals surface area contributed by atoms with Gasteiger partial charge in [0.1, 0.15) is 0 Å². The van der Waals surface area contributed by atoms with Crippen molar-refractivity contribution in [2.24, 2.45) is 0 Å². The van der Waals surface area contributed by atoms with Crippen molar-refractivity contribution in [2.75, 3.05) is 5.32 Å². The standard InChI is InChI=1S/C20H15N3O/c24-19(22-18-10-4-8-16-13-21-23-20(16)18)12-11-15-7-3-6-14-5-1-2-9-17(14)15/h1-13H,(H,21,23)(H,22,24)/b12-11+. The lowest BCUT2D eigenvalue weighted by atomic mass is 10.0. The summed E-state index contributed by atoms with van der Waals surface area (Å²) in [4.78, 5) is 12.3. The number of para-hydroxylation sites is 1. The van der Waals surface area contributed by atoms with E-state index in [1.807, 2.05) is 48.5 Å². The van der Waals surface area contributed by atoms with Gasteiger partial charge in [-0.2, -0.15) is 5.10 Å². The van der Waals surface area contributed by atoms with Gasteiger partial charge in [-0.1, -0.05) is 54.6 Å². The van der Waals surface area contributed by atoms with Crippen LogP contribution in [0.25, 0.3) is 27.8 Å². The highest BCUT2D eigenvalue weighted by Crippen LogP contribution is 2.21. The molecule has 4 rings (SSSR count). The van der Waals surface area contributed by atoms with Crippen LogP contribution in [0.4, 0.5) is 5.69 Å². The molecule has 4 heteroatoms. The van der Waals surface area contributed by atoms with Crippen molar-refractivity contribution in [3.05, 3.63) is 78.5 Å². The summed E-state index contributed by atoms with van der Waals surface area (Å²) in [5.74, 6) is -0.176. The molecule has 0 fully saturated rings. The first-order valence-corrected chi connectivity index (χ1v) is 7.70. The molecule has 0 spiro atoms. The van der Waals surface area contributed by atoms with Gasteiger partial charge in [0.25, 0.3) is 0 Å². The zero-order chi connectivity index (χ0) is 16.4. The summed E-state index contributed by atoms with van der Waals surface area (Å²) in [6, 6.07) is 19.9. The molecule has 4 nitrogen and oxygen atoms in total. The van der Waals surface area contributed by atoms with Crippen LogP contribution in [0.3, 0.4) is 0 Å². The minimum Gasteiger partial charge on any atom is -0.321 e. The lowest BCUT2D eigenvalue weighted by molar-refractivity contribution is -0.111. The van der Waals surface area contributed by atoms with Gasteiger partial charge in [0.05, 0.1) is 17.4 Å². The van der Waals surface area contributed by atoms with E-state index in [1.165, 1.54) is 0 Å². The summed E-state index contributed by atoms with van der Waals surface area (Å²) in [6.45, 7) is 0. The quantitative estimate of drug-likeness (QED) is 0.552. The molecular formula is C20H15N3O. The van der Waals surface area contributed by atoms with E-state index < -0.39 is 0 Å². The molecule has 0 unspecified atom stereocenters. The van der Waals surface area contributed by atoms with E-state index in [2.05, 4.69) is 33.7 Å². The molecule has 0 saturated carbocycles. The number of rotatable bonds is 3. The van der Waals surface area contributed by atoms with Crippen molar-refractivity contribution in [2.45, 2.75) is 0 Å². The molecule has 0 atom stereocenters. The van der Waals surface area contributed by atoms with E-state index in [4.69, 9.17) is 0 Å². The molecule has 0 bridgehead atoms. The molecule has 1 heterocycles. The van der Waals surface area contributed by atoms with E-state index in [9.17, 15) is 4.79 Å². The van der Waals surface area contributed by atoms with E-state index in [0.29, 0.717) is 0 Å². The third kappa shape index (κ3) is 2.65. The molecule has 2 N–H and O–H groups in total. The molecule has 0 aliphatic rings. The fourth-order valence-electron chi connectivity index (χ4n) is 2.81. The van der Waals surface area contributed by atoms with Crippen LogP contribution < -0.4 is 5.32 Å². The monoisotopic (exact) mass is 313 g/mol. The van der Waals surface area contributed by atoms with Gasteiger partial charge in [-0.15, -0.1) is 0 Å². The SMILES string of the molecule is O=C(/C=C/c1cccc2ccccc12)Nc1cccc2cn[nH]c12. The van der Waals surface area contributed by atoms with Crippen LogP contribution in [0.15, 0.2) is 72.9 Å². The molecule has 0 aliphatic heterocycles. The molecule has 0 saturated heterocycles. The Morgan fingerprint density at radius 3 is 2.71 bits per heavy atom. The summed E-state index contributed by atoms with van der Waals surface area (Å²) in [6.07, 6.45) is 5.12. The van der Waals surface area contributed by atoms with Crippen LogP contribution in [0, 0.1) is 0 Å². The van der Waals surface area contributed by atoms with E-state index in [-0.39, 0.29) is 5.91 Å². The Bertz CT molecular complexity index is 1060. The first-order valence-electron chi connectivity index (χ1n) is 7.70. The Morgan fingerprint density at radius 2 is 1.75 bits per heavy atom. The smallest absolute Gasteiger partial charge is 0.248 e. The van der Waals surface area contributed by atoms with Crippen LogP contribution in [0.5, 0.6) is 0 Å². The van der Waals surface area contributed by atoms with E-state index >= 15 is 0 Å². The number of aromatic nitrogens is 2.